The first-order chi connectivity index (χ1) is 12.2. The number of rotatable bonds is 4. The molecule has 1 aliphatic carbocycles. The van der Waals surface area contributed by atoms with Crippen LogP contribution in [0.4, 0.5) is 0 Å². The highest BCUT2D eigenvalue weighted by molar-refractivity contribution is 6.01. The summed E-state index contributed by atoms with van der Waals surface area (Å²) in [5.41, 5.74) is -0.0565. The standard InChI is InChI=1S/C20H26N2O3/c1-2-25-17-8-4-3-7-16(17)18(23)22-14-6-12-20(22)11-5-13-21(19(20)24)15-9-10-15/h3-4,7-8,15H,2,5-6,9-14H2,1H3. The molecule has 0 bridgehead atoms. The van der Waals surface area contributed by atoms with Crippen molar-refractivity contribution in [2.45, 2.75) is 57.0 Å². The van der Waals surface area contributed by atoms with Gasteiger partial charge in [0.2, 0.25) is 5.91 Å². The average Bonchev–Trinajstić information content (AvgIpc) is 3.38. The summed E-state index contributed by atoms with van der Waals surface area (Å²) < 4.78 is 5.65. The molecule has 2 aliphatic heterocycles. The summed E-state index contributed by atoms with van der Waals surface area (Å²) in [6, 6.07) is 7.79. The number of nitrogens with zero attached hydrogens (tertiary/aromatic N) is 2. The summed E-state index contributed by atoms with van der Waals surface area (Å²) in [7, 11) is 0. The zero-order chi connectivity index (χ0) is 17.4. The van der Waals surface area contributed by atoms with Gasteiger partial charge in [0.1, 0.15) is 11.3 Å². The maximum Gasteiger partial charge on any atom is 0.258 e. The van der Waals surface area contributed by atoms with E-state index in [1.165, 1.54) is 0 Å². The van der Waals surface area contributed by atoms with Crippen molar-refractivity contribution >= 4 is 11.8 Å². The van der Waals surface area contributed by atoms with E-state index in [1.54, 1.807) is 0 Å². The van der Waals surface area contributed by atoms with Crippen LogP contribution in [-0.4, -0.2) is 52.9 Å². The van der Waals surface area contributed by atoms with Gasteiger partial charge >= 0.3 is 0 Å². The van der Waals surface area contributed by atoms with Gasteiger partial charge in [-0.25, -0.2) is 0 Å². The molecule has 1 saturated carbocycles. The van der Waals surface area contributed by atoms with Crippen molar-refractivity contribution in [2.75, 3.05) is 19.7 Å². The van der Waals surface area contributed by atoms with Gasteiger partial charge in [0.25, 0.3) is 5.91 Å². The Morgan fingerprint density at radius 3 is 2.64 bits per heavy atom. The number of carbonyl (C=O) groups is 2. The van der Waals surface area contributed by atoms with Gasteiger partial charge in [-0.3, -0.25) is 9.59 Å². The normalized spacial score (nSPS) is 26.4. The van der Waals surface area contributed by atoms with Gasteiger partial charge in [-0.15, -0.1) is 0 Å². The molecule has 1 unspecified atom stereocenters. The van der Waals surface area contributed by atoms with Crippen LogP contribution in [0.1, 0.15) is 55.8 Å². The first-order valence-electron chi connectivity index (χ1n) is 9.52. The van der Waals surface area contributed by atoms with E-state index < -0.39 is 5.54 Å². The smallest absolute Gasteiger partial charge is 0.258 e. The van der Waals surface area contributed by atoms with Crippen LogP contribution in [0.3, 0.4) is 0 Å². The number of para-hydroxylation sites is 1. The molecule has 25 heavy (non-hydrogen) atoms. The van der Waals surface area contributed by atoms with Gasteiger partial charge in [0.05, 0.1) is 12.2 Å². The molecule has 2 amide bonds. The Hall–Kier alpha value is -2.04. The van der Waals surface area contributed by atoms with Crippen LogP contribution in [0.5, 0.6) is 5.75 Å². The van der Waals surface area contributed by atoms with Crippen molar-refractivity contribution in [3.63, 3.8) is 0 Å². The monoisotopic (exact) mass is 342 g/mol. The van der Waals surface area contributed by atoms with Crippen molar-refractivity contribution in [1.29, 1.82) is 0 Å². The Morgan fingerprint density at radius 2 is 1.92 bits per heavy atom. The Balaban J connectivity index is 1.65. The highest BCUT2D eigenvalue weighted by Crippen LogP contribution is 2.42. The first-order valence-corrected chi connectivity index (χ1v) is 9.52. The van der Waals surface area contributed by atoms with Crippen molar-refractivity contribution in [1.82, 2.24) is 9.80 Å². The molecule has 4 rings (SSSR count). The topological polar surface area (TPSA) is 49.9 Å². The molecular formula is C20H26N2O3. The lowest BCUT2D eigenvalue weighted by atomic mass is 9.85. The highest BCUT2D eigenvalue weighted by atomic mass is 16.5. The van der Waals surface area contributed by atoms with Gasteiger partial charge in [0, 0.05) is 19.1 Å². The summed E-state index contributed by atoms with van der Waals surface area (Å²) in [6.07, 6.45) is 5.69. The molecular weight excluding hydrogens is 316 g/mol. The molecule has 3 aliphatic rings. The van der Waals surface area contributed by atoms with Gasteiger partial charge in [0.15, 0.2) is 0 Å². The fraction of sp³-hybridized carbons (Fsp3) is 0.600. The van der Waals surface area contributed by atoms with Gasteiger partial charge in [-0.05, 0) is 57.6 Å². The molecule has 0 aromatic heterocycles. The molecule has 1 atom stereocenters. The van der Waals surface area contributed by atoms with Crippen LogP contribution in [0, 0.1) is 0 Å². The summed E-state index contributed by atoms with van der Waals surface area (Å²) in [5, 5.41) is 0. The molecule has 2 heterocycles. The number of likely N-dealkylation sites (tertiary alicyclic amines) is 2. The summed E-state index contributed by atoms with van der Waals surface area (Å²) in [6.45, 7) is 3.94. The first kappa shape index (κ1) is 16.4. The SMILES string of the molecule is CCOc1ccccc1C(=O)N1CCCC12CCCN(C1CC1)C2=O. The third kappa shape index (κ3) is 2.70. The number of amides is 2. The fourth-order valence-electron chi connectivity index (χ4n) is 4.48. The quantitative estimate of drug-likeness (QED) is 0.845. The second-order valence-electron chi connectivity index (χ2n) is 7.35. The van der Waals surface area contributed by atoms with Crippen LogP contribution in [0.25, 0.3) is 0 Å². The Bertz CT molecular complexity index is 685. The molecule has 0 N–H and O–H groups in total. The maximum atomic E-state index is 13.3. The van der Waals surface area contributed by atoms with Crippen LogP contribution >= 0.6 is 0 Å². The van der Waals surface area contributed by atoms with E-state index in [0.717, 1.165) is 45.1 Å². The number of benzene rings is 1. The number of hydrogen-bond donors (Lipinski definition) is 0. The molecule has 5 heteroatoms. The number of carbonyl (C=O) groups excluding carboxylic acids is 2. The van der Waals surface area contributed by atoms with E-state index in [0.29, 0.717) is 30.5 Å². The number of piperidine rings is 1. The van der Waals surface area contributed by atoms with Gasteiger partial charge < -0.3 is 14.5 Å². The molecule has 0 radical (unpaired) electrons. The Kier molecular flexibility index (Phi) is 4.18. The molecule has 1 aromatic rings. The van der Waals surface area contributed by atoms with E-state index in [4.69, 9.17) is 4.74 Å². The van der Waals surface area contributed by atoms with E-state index >= 15 is 0 Å². The average molecular weight is 342 g/mol. The second kappa shape index (κ2) is 6.36. The van der Waals surface area contributed by atoms with Crippen LogP contribution in [0.15, 0.2) is 24.3 Å². The number of hydrogen-bond acceptors (Lipinski definition) is 3. The predicted octanol–water partition coefficient (Wildman–Crippen LogP) is 2.84. The lowest BCUT2D eigenvalue weighted by Gasteiger charge is -2.44. The fourth-order valence-corrected chi connectivity index (χ4v) is 4.48. The minimum atomic E-state index is -0.628. The van der Waals surface area contributed by atoms with Crippen LogP contribution < -0.4 is 4.74 Å². The van der Waals surface area contributed by atoms with E-state index in [1.807, 2.05) is 41.0 Å². The van der Waals surface area contributed by atoms with Crippen LogP contribution in [0.2, 0.25) is 0 Å². The molecule has 1 spiro atoms. The lowest BCUT2D eigenvalue weighted by molar-refractivity contribution is -0.146. The summed E-state index contributed by atoms with van der Waals surface area (Å²) in [5.74, 6) is 0.730. The summed E-state index contributed by atoms with van der Waals surface area (Å²) >= 11 is 0. The second-order valence-corrected chi connectivity index (χ2v) is 7.35. The van der Waals surface area contributed by atoms with Crippen molar-refractivity contribution in [3.05, 3.63) is 29.8 Å². The molecule has 134 valence electrons. The summed E-state index contributed by atoms with van der Waals surface area (Å²) in [4.78, 5) is 30.5. The lowest BCUT2D eigenvalue weighted by Crippen LogP contribution is -2.61. The number of ether oxygens (including phenoxy) is 1. The zero-order valence-electron chi connectivity index (χ0n) is 14.9. The highest BCUT2D eigenvalue weighted by Gasteiger charge is 2.54. The third-order valence-corrected chi connectivity index (χ3v) is 5.79. The van der Waals surface area contributed by atoms with Gasteiger partial charge in [-0.2, -0.15) is 0 Å². The van der Waals surface area contributed by atoms with Crippen molar-refractivity contribution in [2.24, 2.45) is 0 Å². The molecule has 5 nitrogen and oxygen atoms in total. The van der Waals surface area contributed by atoms with Gasteiger partial charge in [-0.1, -0.05) is 12.1 Å². The minimum absolute atomic E-state index is 0.0625. The van der Waals surface area contributed by atoms with E-state index in [9.17, 15) is 9.59 Å². The largest absolute Gasteiger partial charge is 0.493 e. The third-order valence-electron chi connectivity index (χ3n) is 5.79. The molecule has 2 saturated heterocycles. The van der Waals surface area contributed by atoms with Crippen molar-refractivity contribution in [3.8, 4) is 5.75 Å². The molecule has 1 aromatic carbocycles. The van der Waals surface area contributed by atoms with Crippen LogP contribution in [-0.2, 0) is 4.79 Å². The van der Waals surface area contributed by atoms with Crippen molar-refractivity contribution < 1.29 is 14.3 Å². The van der Waals surface area contributed by atoms with E-state index in [-0.39, 0.29) is 11.8 Å². The predicted molar refractivity (Wildman–Crippen MR) is 94.6 cm³/mol. The minimum Gasteiger partial charge on any atom is -0.493 e. The maximum absolute atomic E-state index is 13.3. The zero-order valence-corrected chi connectivity index (χ0v) is 14.9. The molecule has 3 fully saturated rings. The van der Waals surface area contributed by atoms with E-state index in [2.05, 4.69) is 0 Å². The Labute approximate surface area is 148 Å². The Morgan fingerprint density at radius 1 is 1.20 bits per heavy atom.